The number of phenolic OH excluding ortho intramolecular Hbond substituents is 1. The van der Waals surface area contributed by atoms with Gasteiger partial charge in [-0.05, 0) is 18.2 Å². The van der Waals surface area contributed by atoms with Crippen LogP contribution in [-0.4, -0.2) is 17.6 Å². The second-order valence-electron chi connectivity index (χ2n) is 4.27. The Morgan fingerprint density at radius 2 is 2.00 bits per heavy atom. The molecule has 0 unspecified atom stereocenters. The Morgan fingerprint density at radius 3 is 2.75 bits per heavy atom. The zero-order valence-corrected chi connectivity index (χ0v) is 10.9. The molecular formula is C15H16N2O3. The van der Waals surface area contributed by atoms with Gasteiger partial charge in [0.05, 0.1) is 0 Å². The normalized spacial score (nSPS) is 10.0. The summed E-state index contributed by atoms with van der Waals surface area (Å²) in [6.45, 7) is 0.342. The molecular weight excluding hydrogens is 256 g/mol. The molecule has 104 valence electrons. The summed E-state index contributed by atoms with van der Waals surface area (Å²) in [5.41, 5.74) is 6.65. The molecule has 0 bridgehead atoms. The number of rotatable bonds is 6. The van der Waals surface area contributed by atoms with E-state index in [2.05, 4.69) is 5.32 Å². The number of amides is 1. The van der Waals surface area contributed by atoms with Gasteiger partial charge in [0, 0.05) is 23.9 Å². The first-order valence-corrected chi connectivity index (χ1v) is 6.17. The molecule has 2 aromatic rings. The van der Waals surface area contributed by atoms with Gasteiger partial charge in [0.25, 0.3) is 5.91 Å². The SMILES string of the molecule is NC(=O)COc1cccc(NCc2ccccc2O)c1. The minimum atomic E-state index is -0.516. The number of carbonyl (C=O) groups is 1. The summed E-state index contributed by atoms with van der Waals surface area (Å²) in [5.74, 6) is 0.296. The van der Waals surface area contributed by atoms with E-state index in [1.165, 1.54) is 0 Å². The fraction of sp³-hybridized carbons (Fsp3) is 0.133. The summed E-state index contributed by atoms with van der Waals surface area (Å²) in [4.78, 5) is 10.7. The van der Waals surface area contributed by atoms with Crippen molar-refractivity contribution in [3.8, 4) is 11.5 Å². The number of ether oxygens (including phenoxy) is 1. The minimum Gasteiger partial charge on any atom is -0.508 e. The summed E-state index contributed by atoms with van der Waals surface area (Å²) < 4.78 is 5.22. The average molecular weight is 272 g/mol. The van der Waals surface area contributed by atoms with Gasteiger partial charge in [0.2, 0.25) is 0 Å². The van der Waals surface area contributed by atoms with Crippen LogP contribution in [-0.2, 0) is 11.3 Å². The predicted molar refractivity (Wildman–Crippen MR) is 76.6 cm³/mol. The van der Waals surface area contributed by atoms with Gasteiger partial charge in [-0.15, -0.1) is 0 Å². The predicted octanol–water partition coefficient (Wildman–Crippen LogP) is 1.87. The van der Waals surface area contributed by atoms with E-state index >= 15 is 0 Å². The van der Waals surface area contributed by atoms with Gasteiger partial charge < -0.3 is 20.9 Å². The number of primary amides is 1. The zero-order valence-electron chi connectivity index (χ0n) is 10.9. The smallest absolute Gasteiger partial charge is 0.255 e. The minimum absolute atomic E-state index is 0.150. The van der Waals surface area contributed by atoms with Crippen molar-refractivity contribution in [2.75, 3.05) is 11.9 Å². The number of benzene rings is 2. The number of nitrogens with one attached hydrogen (secondary N) is 1. The van der Waals surface area contributed by atoms with Crippen molar-refractivity contribution in [2.24, 2.45) is 5.73 Å². The number of hydrogen-bond acceptors (Lipinski definition) is 4. The molecule has 4 N–H and O–H groups in total. The fourth-order valence-corrected chi connectivity index (χ4v) is 1.71. The van der Waals surface area contributed by atoms with E-state index in [4.69, 9.17) is 10.5 Å². The first kappa shape index (κ1) is 13.7. The quantitative estimate of drug-likeness (QED) is 0.749. The molecule has 1 amide bonds. The van der Waals surface area contributed by atoms with Crippen LogP contribution in [0.3, 0.4) is 0 Å². The lowest BCUT2D eigenvalue weighted by molar-refractivity contribution is -0.119. The molecule has 2 rings (SSSR count). The van der Waals surface area contributed by atoms with Crippen LogP contribution < -0.4 is 15.8 Å². The number of phenols is 1. The van der Waals surface area contributed by atoms with E-state index in [0.29, 0.717) is 12.3 Å². The summed E-state index contributed by atoms with van der Waals surface area (Å²) in [6, 6.07) is 14.3. The van der Waals surface area contributed by atoms with Crippen molar-refractivity contribution in [3.63, 3.8) is 0 Å². The summed E-state index contributed by atoms with van der Waals surface area (Å²) in [6.07, 6.45) is 0. The van der Waals surface area contributed by atoms with Crippen LogP contribution in [0.2, 0.25) is 0 Å². The zero-order chi connectivity index (χ0) is 14.4. The van der Waals surface area contributed by atoms with Crippen LogP contribution in [0.1, 0.15) is 5.56 Å². The first-order valence-electron chi connectivity index (χ1n) is 6.17. The maximum absolute atomic E-state index is 10.7. The third-order valence-electron chi connectivity index (χ3n) is 2.69. The lowest BCUT2D eigenvalue weighted by Crippen LogP contribution is -2.20. The Hall–Kier alpha value is -2.69. The van der Waals surface area contributed by atoms with Gasteiger partial charge >= 0.3 is 0 Å². The molecule has 0 aromatic heterocycles. The third-order valence-corrected chi connectivity index (χ3v) is 2.69. The largest absolute Gasteiger partial charge is 0.508 e. The maximum Gasteiger partial charge on any atom is 0.255 e. The van der Waals surface area contributed by atoms with Crippen molar-refractivity contribution in [1.82, 2.24) is 0 Å². The Morgan fingerprint density at radius 1 is 1.20 bits per heavy atom. The second kappa shape index (κ2) is 6.47. The molecule has 0 aliphatic rings. The molecule has 0 spiro atoms. The van der Waals surface area contributed by atoms with Gasteiger partial charge in [-0.1, -0.05) is 24.3 Å². The van der Waals surface area contributed by atoms with E-state index in [1.54, 1.807) is 24.3 Å². The lowest BCUT2D eigenvalue weighted by Gasteiger charge is -2.10. The van der Waals surface area contributed by atoms with E-state index in [0.717, 1.165) is 11.3 Å². The van der Waals surface area contributed by atoms with Gasteiger partial charge in [0.1, 0.15) is 11.5 Å². The highest BCUT2D eigenvalue weighted by Gasteiger charge is 2.01. The Bertz CT molecular complexity index is 599. The van der Waals surface area contributed by atoms with Crippen LogP contribution in [0, 0.1) is 0 Å². The Kier molecular flexibility index (Phi) is 4.44. The molecule has 0 aliphatic carbocycles. The monoisotopic (exact) mass is 272 g/mol. The van der Waals surface area contributed by atoms with Crippen LogP contribution >= 0.6 is 0 Å². The Labute approximate surface area is 117 Å². The van der Waals surface area contributed by atoms with Crippen molar-refractivity contribution in [1.29, 1.82) is 0 Å². The molecule has 5 heteroatoms. The van der Waals surface area contributed by atoms with E-state index in [1.807, 2.05) is 24.3 Å². The van der Waals surface area contributed by atoms with Gasteiger partial charge in [0.15, 0.2) is 6.61 Å². The molecule has 0 heterocycles. The highest BCUT2D eigenvalue weighted by Crippen LogP contribution is 2.20. The maximum atomic E-state index is 10.7. The van der Waals surface area contributed by atoms with Crippen LogP contribution in [0.25, 0.3) is 0 Å². The highest BCUT2D eigenvalue weighted by atomic mass is 16.5. The number of carbonyl (C=O) groups excluding carboxylic acids is 1. The molecule has 0 saturated heterocycles. The van der Waals surface area contributed by atoms with Gasteiger partial charge in [-0.3, -0.25) is 4.79 Å². The topological polar surface area (TPSA) is 84.6 Å². The molecule has 0 aliphatic heterocycles. The van der Waals surface area contributed by atoms with Gasteiger partial charge in [-0.25, -0.2) is 0 Å². The number of para-hydroxylation sites is 1. The molecule has 2 aromatic carbocycles. The standard InChI is InChI=1S/C15H16N2O3/c16-15(19)10-20-13-6-3-5-12(8-13)17-9-11-4-1-2-7-14(11)18/h1-8,17-18H,9-10H2,(H2,16,19). The summed E-state index contributed by atoms with van der Waals surface area (Å²) >= 11 is 0. The summed E-state index contributed by atoms with van der Waals surface area (Å²) in [7, 11) is 0. The van der Waals surface area contributed by atoms with Crippen LogP contribution in [0.15, 0.2) is 48.5 Å². The van der Waals surface area contributed by atoms with Crippen molar-refractivity contribution < 1.29 is 14.6 Å². The third kappa shape index (κ3) is 3.91. The average Bonchev–Trinajstić information content (AvgIpc) is 2.45. The number of nitrogens with two attached hydrogens (primary N) is 1. The molecule has 0 fully saturated rings. The number of anilines is 1. The van der Waals surface area contributed by atoms with Crippen molar-refractivity contribution >= 4 is 11.6 Å². The fourth-order valence-electron chi connectivity index (χ4n) is 1.71. The summed E-state index contributed by atoms with van der Waals surface area (Å²) in [5, 5.41) is 12.8. The molecule has 0 atom stereocenters. The molecule has 0 radical (unpaired) electrons. The van der Waals surface area contributed by atoms with Crippen molar-refractivity contribution in [3.05, 3.63) is 54.1 Å². The van der Waals surface area contributed by atoms with E-state index < -0.39 is 5.91 Å². The highest BCUT2D eigenvalue weighted by molar-refractivity contribution is 5.75. The number of aromatic hydroxyl groups is 1. The number of hydrogen-bond donors (Lipinski definition) is 3. The second-order valence-corrected chi connectivity index (χ2v) is 4.27. The van der Waals surface area contributed by atoms with Crippen molar-refractivity contribution in [2.45, 2.75) is 6.54 Å². The Balaban J connectivity index is 1.98. The van der Waals surface area contributed by atoms with E-state index in [9.17, 15) is 9.90 Å². The lowest BCUT2D eigenvalue weighted by atomic mass is 10.2. The van der Waals surface area contributed by atoms with Crippen LogP contribution in [0.4, 0.5) is 5.69 Å². The van der Waals surface area contributed by atoms with Crippen LogP contribution in [0.5, 0.6) is 11.5 Å². The molecule has 0 saturated carbocycles. The molecule has 20 heavy (non-hydrogen) atoms. The van der Waals surface area contributed by atoms with Gasteiger partial charge in [-0.2, -0.15) is 0 Å². The molecule has 5 nitrogen and oxygen atoms in total. The first-order chi connectivity index (χ1) is 9.65. The van der Waals surface area contributed by atoms with E-state index in [-0.39, 0.29) is 12.4 Å².